The monoisotopic (exact) mass is 514 g/mol. The van der Waals surface area contributed by atoms with Crippen LogP contribution in [0.15, 0.2) is 60.9 Å². The number of imidazole rings is 1. The number of aromatic nitrogens is 4. The number of aryl methyl sites for hydroxylation is 3. The Labute approximate surface area is 218 Å². The molecule has 0 unspecified atom stereocenters. The Bertz CT molecular complexity index is 1670. The summed E-state index contributed by atoms with van der Waals surface area (Å²) in [5.74, 6) is -2.39. The fraction of sp³-hybridized carbons (Fsp3) is 0.300. The van der Waals surface area contributed by atoms with Crippen molar-refractivity contribution in [1.29, 1.82) is 0 Å². The summed E-state index contributed by atoms with van der Waals surface area (Å²) in [4.78, 5) is 21.3. The van der Waals surface area contributed by atoms with Gasteiger partial charge < -0.3 is 13.9 Å². The molecule has 8 heteroatoms. The number of hydrogen-bond acceptors (Lipinski definition) is 4. The zero-order valence-corrected chi connectivity index (χ0v) is 21.4. The Morgan fingerprint density at radius 3 is 2.71 bits per heavy atom. The van der Waals surface area contributed by atoms with E-state index in [0.29, 0.717) is 24.0 Å². The fourth-order valence-corrected chi connectivity index (χ4v) is 5.72. The third kappa shape index (κ3) is 4.14. The maximum Gasteiger partial charge on any atom is 0.337 e. The SMILES string of the molecule is CCn1c2c(c3cc(-c4nc5cc(C(=O)OC)ccc5n4CCc4cccnc4)ccc31)CC(F)(F)CC2. The molecule has 38 heavy (non-hydrogen) atoms. The molecule has 5 aromatic rings. The fourth-order valence-electron chi connectivity index (χ4n) is 5.72. The first kappa shape index (κ1) is 24.3. The van der Waals surface area contributed by atoms with Crippen LogP contribution in [0, 0.1) is 0 Å². The molecule has 1 aliphatic carbocycles. The number of alkyl halides is 2. The van der Waals surface area contributed by atoms with E-state index in [4.69, 9.17) is 9.72 Å². The van der Waals surface area contributed by atoms with Gasteiger partial charge in [0.05, 0.1) is 23.7 Å². The van der Waals surface area contributed by atoms with E-state index in [-0.39, 0.29) is 12.8 Å². The molecule has 0 bridgehead atoms. The molecule has 0 N–H and O–H groups in total. The van der Waals surface area contributed by atoms with E-state index in [1.54, 1.807) is 18.3 Å². The molecule has 0 amide bonds. The molecular formula is C30H28F2N4O2. The van der Waals surface area contributed by atoms with Crippen LogP contribution < -0.4 is 0 Å². The number of esters is 1. The zero-order valence-electron chi connectivity index (χ0n) is 21.4. The molecule has 1 aliphatic rings. The molecule has 0 aliphatic heterocycles. The summed E-state index contributed by atoms with van der Waals surface area (Å²) in [5.41, 5.74) is 6.66. The standard InChI is InChI=1S/C30H28F2N4O2/c1-3-35-25-8-6-20(15-22(25)23-17-30(31,32)12-10-26(23)35)28-34-24-16-21(29(37)38-2)7-9-27(24)36(28)14-11-19-5-4-13-33-18-19/h4-9,13,15-16,18H,3,10-12,14,17H2,1-2H3. The van der Waals surface area contributed by atoms with Crippen LogP contribution in [0.3, 0.4) is 0 Å². The molecule has 0 saturated heterocycles. The number of fused-ring (bicyclic) bond motifs is 4. The summed E-state index contributed by atoms with van der Waals surface area (Å²) in [6.45, 7) is 3.42. The van der Waals surface area contributed by atoms with Gasteiger partial charge in [-0.1, -0.05) is 6.07 Å². The number of nitrogens with zero attached hydrogens (tertiary/aromatic N) is 4. The predicted octanol–water partition coefficient (Wildman–Crippen LogP) is 6.23. The van der Waals surface area contributed by atoms with Crippen LogP contribution in [-0.2, 0) is 37.1 Å². The first-order valence-corrected chi connectivity index (χ1v) is 12.9. The number of ether oxygens (including phenoxy) is 1. The van der Waals surface area contributed by atoms with Crippen molar-refractivity contribution in [3.05, 3.63) is 83.3 Å². The lowest BCUT2D eigenvalue weighted by Crippen LogP contribution is -2.26. The second-order valence-electron chi connectivity index (χ2n) is 9.83. The molecule has 0 saturated carbocycles. The minimum Gasteiger partial charge on any atom is -0.465 e. The Hall–Kier alpha value is -4.07. The molecule has 0 atom stereocenters. The van der Waals surface area contributed by atoms with Crippen molar-refractivity contribution in [2.45, 2.75) is 51.6 Å². The topological polar surface area (TPSA) is 61.9 Å². The molecular weight excluding hydrogens is 486 g/mol. The van der Waals surface area contributed by atoms with E-state index in [1.165, 1.54) is 7.11 Å². The minimum absolute atomic E-state index is 0.115. The third-order valence-electron chi connectivity index (χ3n) is 7.54. The van der Waals surface area contributed by atoms with E-state index < -0.39 is 11.9 Å². The Balaban J connectivity index is 1.51. The van der Waals surface area contributed by atoms with Crippen LogP contribution in [-0.4, -0.2) is 38.1 Å². The number of carbonyl (C=O) groups excluding carboxylic acids is 1. The summed E-state index contributed by atoms with van der Waals surface area (Å²) in [6, 6.07) is 15.4. The van der Waals surface area contributed by atoms with E-state index in [0.717, 1.165) is 57.6 Å². The van der Waals surface area contributed by atoms with E-state index in [2.05, 4.69) is 21.0 Å². The Kier molecular flexibility index (Phi) is 5.97. The molecule has 3 aromatic heterocycles. The van der Waals surface area contributed by atoms with Gasteiger partial charge in [0, 0.05) is 60.5 Å². The van der Waals surface area contributed by atoms with Gasteiger partial charge in [0.25, 0.3) is 5.92 Å². The van der Waals surface area contributed by atoms with Crippen molar-refractivity contribution in [2.24, 2.45) is 0 Å². The van der Waals surface area contributed by atoms with Crippen LogP contribution in [0.5, 0.6) is 0 Å². The quantitative estimate of drug-likeness (QED) is 0.252. The van der Waals surface area contributed by atoms with Gasteiger partial charge in [-0.15, -0.1) is 0 Å². The highest BCUT2D eigenvalue weighted by molar-refractivity contribution is 5.95. The van der Waals surface area contributed by atoms with Crippen molar-refractivity contribution < 1.29 is 18.3 Å². The average Bonchev–Trinajstić information content (AvgIpc) is 3.45. The number of rotatable bonds is 6. The second-order valence-corrected chi connectivity index (χ2v) is 9.83. The predicted molar refractivity (Wildman–Crippen MR) is 143 cm³/mol. The van der Waals surface area contributed by atoms with Crippen LogP contribution >= 0.6 is 0 Å². The van der Waals surface area contributed by atoms with Gasteiger partial charge in [0.1, 0.15) is 5.82 Å². The molecule has 6 rings (SSSR count). The van der Waals surface area contributed by atoms with Crippen molar-refractivity contribution in [3.8, 4) is 11.4 Å². The van der Waals surface area contributed by atoms with Crippen molar-refractivity contribution in [2.75, 3.05) is 7.11 Å². The minimum atomic E-state index is -2.70. The molecule has 0 radical (unpaired) electrons. The zero-order chi connectivity index (χ0) is 26.4. The van der Waals surface area contributed by atoms with Crippen LogP contribution in [0.1, 0.15) is 40.5 Å². The van der Waals surface area contributed by atoms with Crippen LogP contribution in [0.25, 0.3) is 33.3 Å². The molecule has 3 heterocycles. The van der Waals surface area contributed by atoms with Crippen LogP contribution in [0.2, 0.25) is 0 Å². The largest absolute Gasteiger partial charge is 0.465 e. The number of carbonyl (C=O) groups is 1. The number of benzene rings is 2. The summed E-state index contributed by atoms with van der Waals surface area (Å²) in [6.07, 6.45) is 4.35. The number of hydrogen-bond donors (Lipinski definition) is 0. The number of pyridine rings is 1. The molecule has 0 fully saturated rings. The van der Waals surface area contributed by atoms with Crippen molar-refractivity contribution >= 4 is 27.9 Å². The van der Waals surface area contributed by atoms with Gasteiger partial charge in [0.15, 0.2) is 0 Å². The van der Waals surface area contributed by atoms with Gasteiger partial charge in [0.2, 0.25) is 0 Å². The number of methoxy groups -OCH3 is 1. The van der Waals surface area contributed by atoms with Crippen molar-refractivity contribution in [1.82, 2.24) is 19.1 Å². The summed E-state index contributed by atoms with van der Waals surface area (Å²) in [5, 5.41) is 0.861. The third-order valence-corrected chi connectivity index (χ3v) is 7.54. The molecule has 2 aromatic carbocycles. The smallest absolute Gasteiger partial charge is 0.337 e. The highest BCUT2D eigenvalue weighted by atomic mass is 19.3. The average molecular weight is 515 g/mol. The lowest BCUT2D eigenvalue weighted by Gasteiger charge is -2.23. The summed E-state index contributed by atoms with van der Waals surface area (Å²) < 4.78 is 38.1. The van der Waals surface area contributed by atoms with E-state index in [1.807, 2.05) is 42.6 Å². The van der Waals surface area contributed by atoms with Gasteiger partial charge in [-0.05, 0) is 73.4 Å². The Morgan fingerprint density at radius 1 is 1.11 bits per heavy atom. The molecule has 6 nitrogen and oxygen atoms in total. The maximum absolute atomic E-state index is 14.5. The van der Waals surface area contributed by atoms with Gasteiger partial charge in [-0.3, -0.25) is 4.98 Å². The van der Waals surface area contributed by atoms with Gasteiger partial charge >= 0.3 is 5.97 Å². The number of halogens is 2. The van der Waals surface area contributed by atoms with Crippen LogP contribution in [0.4, 0.5) is 8.78 Å². The lowest BCUT2D eigenvalue weighted by atomic mass is 9.92. The summed E-state index contributed by atoms with van der Waals surface area (Å²) in [7, 11) is 1.35. The highest BCUT2D eigenvalue weighted by Crippen LogP contribution is 2.40. The molecule has 194 valence electrons. The summed E-state index contributed by atoms with van der Waals surface area (Å²) >= 11 is 0. The van der Waals surface area contributed by atoms with E-state index >= 15 is 0 Å². The van der Waals surface area contributed by atoms with Crippen molar-refractivity contribution in [3.63, 3.8) is 0 Å². The van der Waals surface area contributed by atoms with Gasteiger partial charge in [-0.2, -0.15) is 0 Å². The molecule has 0 spiro atoms. The normalized spacial score (nSPS) is 14.6. The van der Waals surface area contributed by atoms with Gasteiger partial charge in [-0.25, -0.2) is 18.6 Å². The first-order valence-electron chi connectivity index (χ1n) is 12.9. The first-order chi connectivity index (χ1) is 18.4. The second kappa shape index (κ2) is 9.35. The maximum atomic E-state index is 14.5. The lowest BCUT2D eigenvalue weighted by molar-refractivity contribution is -0.0125. The van der Waals surface area contributed by atoms with E-state index in [9.17, 15) is 13.6 Å². The highest BCUT2D eigenvalue weighted by Gasteiger charge is 2.37. The Morgan fingerprint density at radius 2 is 1.95 bits per heavy atom.